The van der Waals surface area contributed by atoms with Gasteiger partial charge < -0.3 is 15.0 Å². The van der Waals surface area contributed by atoms with Crippen molar-refractivity contribution in [3.05, 3.63) is 35.2 Å². The van der Waals surface area contributed by atoms with E-state index in [4.69, 9.17) is 4.74 Å². The molecule has 0 saturated carbocycles. The van der Waals surface area contributed by atoms with Crippen LogP contribution in [-0.2, 0) is 4.74 Å². The van der Waals surface area contributed by atoms with Crippen molar-refractivity contribution in [1.29, 1.82) is 0 Å². The van der Waals surface area contributed by atoms with E-state index in [0.717, 1.165) is 28.1 Å². The number of rotatable bonds is 4. The van der Waals surface area contributed by atoms with Crippen molar-refractivity contribution in [3.63, 3.8) is 0 Å². The molecule has 1 aliphatic rings. The second kappa shape index (κ2) is 6.13. The van der Waals surface area contributed by atoms with Crippen molar-refractivity contribution in [3.8, 4) is 0 Å². The van der Waals surface area contributed by atoms with E-state index in [1.807, 2.05) is 37.3 Å². The maximum Gasteiger partial charge on any atom is 0.261 e. The number of hydrogen-bond acceptors (Lipinski definition) is 4. The first-order chi connectivity index (χ1) is 10.2. The number of fused-ring (bicyclic) bond motifs is 1. The van der Waals surface area contributed by atoms with Gasteiger partial charge in [0.2, 0.25) is 0 Å². The number of carbonyl (C=O) groups is 1. The van der Waals surface area contributed by atoms with Crippen LogP contribution in [0, 0.1) is 0 Å². The van der Waals surface area contributed by atoms with Gasteiger partial charge in [0.15, 0.2) is 0 Å². The minimum absolute atomic E-state index is 0.00111. The van der Waals surface area contributed by atoms with Crippen LogP contribution >= 0.6 is 11.3 Å². The van der Waals surface area contributed by atoms with Crippen molar-refractivity contribution >= 4 is 27.3 Å². The van der Waals surface area contributed by atoms with E-state index < -0.39 is 0 Å². The molecule has 1 aromatic heterocycles. The van der Waals surface area contributed by atoms with Gasteiger partial charge in [-0.3, -0.25) is 4.79 Å². The molecular formula is C16H20N2O2S. The lowest BCUT2D eigenvalue weighted by atomic mass is 10.2. The molecule has 1 aliphatic heterocycles. The summed E-state index contributed by atoms with van der Waals surface area (Å²) in [5, 5.41) is 4.25. The number of likely N-dealkylation sites (N-methyl/N-ethyl adjacent to an activating group) is 1. The van der Waals surface area contributed by atoms with Crippen molar-refractivity contribution in [1.82, 2.24) is 10.2 Å². The topological polar surface area (TPSA) is 41.6 Å². The van der Waals surface area contributed by atoms with E-state index in [1.165, 1.54) is 11.3 Å². The molecule has 2 atom stereocenters. The zero-order valence-corrected chi connectivity index (χ0v) is 13.2. The molecule has 0 unspecified atom stereocenters. The van der Waals surface area contributed by atoms with Gasteiger partial charge in [-0.1, -0.05) is 18.2 Å². The molecule has 3 rings (SSSR count). The number of ether oxygens (including phenoxy) is 1. The second-order valence-electron chi connectivity index (χ2n) is 5.44. The summed E-state index contributed by atoms with van der Waals surface area (Å²) in [6.07, 6.45) is 0.0818. The quantitative estimate of drug-likeness (QED) is 0.943. The third-order valence-electron chi connectivity index (χ3n) is 3.80. The monoisotopic (exact) mass is 304 g/mol. The molecule has 1 saturated heterocycles. The zero-order chi connectivity index (χ0) is 14.8. The van der Waals surface area contributed by atoms with E-state index in [2.05, 4.69) is 17.3 Å². The van der Waals surface area contributed by atoms with Gasteiger partial charge in [-0.15, -0.1) is 11.3 Å². The SMILES string of the molecule is CCO[C@@H]1CN(C)C[C@H]1NC(=O)c1cc2ccccc2s1. The first-order valence-electron chi connectivity index (χ1n) is 7.27. The van der Waals surface area contributed by atoms with Crippen LogP contribution in [0.15, 0.2) is 30.3 Å². The summed E-state index contributed by atoms with van der Waals surface area (Å²) in [5.41, 5.74) is 0. The van der Waals surface area contributed by atoms with Crippen LogP contribution < -0.4 is 5.32 Å². The van der Waals surface area contributed by atoms with Crippen LogP contribution in [0.4, 0.5) is 0 Å². The molecule has 1 fully saturated rings. The molecule has 1 amide bonds. The van der Waals surface area contributed by atoms with Crippen LogP contribution in [0.5, 0.6) is 0 Å². The molecule has 0 bridgehead atoms. The summed E-state index contributed by atoms with van der Waals surface area (Å²) in [5.74, 6) is 0.00111. The third-order valence-corrected chi connectivity index (χ3v) is 4.91. The molecular weight excluding hydrogens is 284 g/mol. The normalized spacial score (nSPS) is 22.8. The average Bonchev–Trinajstić information content (AvgIpc) is 3.03. The maximum atomic E-state index is 12.5. The van der Waals surface area contributed by atoms with E-state index in [1.54, 1.807) is 0 Å². The number of carbonyl (C=O) groups excluding carboxylic acids is 1. The molecule has 0 aliphatic carbocycles. The highest BCUT2D eigenvalue weighted by Gasteiger charge is 2.32. The Morgan fingerprint density at radius 1 is 1.43 bits per heavy atom. The fourth-order valence-electron chi connectivity index (χ4n) is 2.82. The van der Waals surface area contributed by atoms with E-state index >= 15 is 0 Å². The summed E-state index contributed by atoms with van der Waals surface area (Å²) in [7, 11) is 2.05. The zero-order valence-electron chi connectivity index (χ0n) is 12.3. The predicted molar refractivity (Wildman–Crippen MR) is 86.0 cm³/mol. The molecule has 1 aromatic carbocycles. The number of benzene rings is 1. The van der Waals surface area contributed by atoms with Crippen LogP contribution in [0.2, 0.25) is 0 Å². The number of amides is 1. The minimum Gasteiger partial charge on any atom is -0.375 e. The van der Waals surface area contributed by atoms with Gasteiger partial charge >= 0.3 is 0 Å². The summed E-state index contributed by atoms with van der Waals surface area (Å²) in [6, 6.07) is 10.1. The van der Waals surface area contributed by atoms with Gasteiger partial charge in [-0.2, -0.15) is 0 Å². The van der Waals surface area contributed by atoms with Crippen molar-refractivity contribution in [2.45, 2.75) is 19.1 Å². The Labute approximate surface area is 128 Å². The summed E-state index contributed by atoms with van der Waals surface area (Å²) in [6.45, 7) is 4.36. The molecule has 5 heteroatoms. The lowest BCUT2D eigenvalue weighted by molar-refractivity contribution is 0.0514. The van der Waals surface area contributed by atoms with E-state index in [-0.39, 0.29) is 18.1 Å². The number of nitrogens with zero attached hydrogens (tertiary/aromatic N) is 1. The molecule has 2 aromatic rings. The lowest BCUT2D eigenvalue weighted by Crippen LogP contribution is -2.43. The van der Waals surface area contributed by atoms with Crippen molar-refractivity contribution in [2.24, 2.45) is 0 Å². The molecule has 4 nitrogen and oxygen atoms in total. The molecule has 0 radical (unpaired) electrons. The first-order valence-corrected chi connectivity index (χ1v) is 8.08. The van der Waals surface area contributed by atoms with Crippen LogP contribution in [0.3, 0.4) is 0 Å². The average molecular weight is 304 g/mol. The van der Waals surface area contributed by atoms with Crippen LogP contribution in [0.25, 0.3) is 10.1 Å². The van der Waals surface area contributed by atoms with E-state index in [9.17, 15) is 4.79 Å². The van der Waals surface area contributed by atoms with Crippen LogP contribution in [-0.4, -0.2) is 49.7 Å². The summed E-state index contributed by atoms with van der Waals surface area (Å²) < 4.78 is 6.87. The van der Waals surface area contributed by atoms with E-state index in [0.29, 0.717) is 6.61 Å². The van der Waals surface area contributed by atoms with Crippen LogP contribution in [0.1, 0.15) is 16.6 Å². The highest BCUT2D eigenvalue weighted by Crippen LogP contribution is 2.25. The standard InChI is InChI=1S/C16H20N2O2S/c1-3-20-13-10-18(2)9-12(13)17-16(19)15-8-11-6-4-5-7-14(11)21-15/h4-8,12-13H,3,9-10H2,1-2H3,(H,17,19)/t12-,13-/m1/s1. The predicted octanol–water partition coefficient (Wildman–Crippen LogP) is 2.35. The Morgan fingerprint density at radius 3 is 3.00 bits per heavy atom. The second-order valence-corrected chi connectivity index (χ2v) is 6.53. The van der Waals surface area contributed by atoms with Gasteiger partial charge in [0, 0.05) is 24.4 Å². The first kappa shape index (κ1) is 14.5. The highest BCUT2D eigenvalue weighted by molar-refractivity contribution is 7.20. The lowest BCUT2D eigenvalue weighted by Gasteiger charge is -2.19. The summed E-state index contributed by atoms with van der Waals surface area (Å²) in [4.78, 5) is 15.4. The number of likely N-dealkylation sites (tertiary alicyclic amines) is 1. The van der Waals surface area contributed by atoms with Crippen molar-refractivity contribution in [2.75, 3.05) is 26.7 Å². The summed E-state index contributed by atoms with van der Waals surface area (Å²) >= 11 is 1.54. The molecule has 1 N–H and O–H groups in total. The number of hydrogen-bond donors (Lipinski definition) is 1. The molecule has 0 spiro atoms. The highest BCUT2D eigenvalue weighted by atomic mass is 32.1. The van der Waals surface area contributed by atoms with Gasteiger partial charge in [0.25, 0.3) is 5.91 Å². The molecule has 21 heavy (non-hydrogen) atoms. The Bertz CT molecular complexity index is 607. The van der Waals surface area contributed by atoms with Gasteiger partial charge in [-0.05, 0) is 31.5 Å². The Hall–Kier alpha value is -1.43. The van der Waals surface area contributed by atoms with Gasteiger partial charge in [0.05, 0.1) is 17.0 Å². The molecule has 112 valence electrons. The Morgan fingerprint density at radius 2 is 2.24 bits per heavy atom. The van der Waals surface area contributed by atoms with Gasteiger partial charge in [0.1, 0.15) is 0 Å². The fourth-order valence-corrected chi connectivity index (χ4v) is 3.78. The largest absolute Gasteiger partial charge is 0.375 e. The fraction of sp³-hybridized carbons (Fsp3) is 0.438. The smallest absolute Gasteiger partial charge is 0.261 e. The minimum atomic E-state index is 0.00111. The molecule has 2 heterocycles. The Kier molecular flexibility index (Phi) is 4.24. The number of thiophene rings is 1. The Balaban J connectivity index is 1.73. The maximum absolute atomic E-state index is 12.5. The van der Waals surface area contributed by atoms with Gasteiger partial charge in [-0.25, -0.2) is 0 Å². The third kappa shape index (κ3) is 3.10. The number of nitrogens with one attached hydrogen (secondary N) is 1. The van der Waals surface area contributed by atoms with Crippen molar-refractivity contribution < 1.29 is 9.53 Å².